The van der Waals surface area contributed by atoms with Crippen LogP contribution in [0.2, 0.25) is 0 Å². The largest absolute Gasteiger partial charge is 0.368 e. The summed E-state index contributed by atoms with van der Waals surface area (Å²) in [5.41, 5.74) is -0.582. The molecule has 0 aromatic carbocycles. The van der Waals surface area contributed by atoms with Gasteiger partial charge >= 0.3 is 0 Å². The molecule has 1 unspecified atom stereocenters. The minimum atomic E-state index is -1.10. The van der Waals surface area contributed by atoms with Gasteiger partial charge in [0.05, 0.1) is 13.2 Å². The van der Waals surface area contributed by atoms with Crippen molar-refractivity contribution in [3.63, 3.8) is 0 Å². The maximum absolute atomic E-state index is 10.1. The van der Waals surface area contributed by atoms with E-state index in [-0.39, 0.29) is 0 Å². The first-order valence-electron chi connectivity index (χ1n) is 4.52. The monoisotopic (exact) mass is 174 g/mol. The summed E-state index contributed by atoms with van der Waals surface area (Å²) in [6, 6.07) is 0. The molecule has 1 fully saturated rings. The third-order valence-electron chi connectivity index (χ3n) is 2.42. The van der Waals surface area contributed by atoms with Crippen LogP contribution in [-0.4, -0.2) is 29.7 Å². The van der Waals surface area contributed by atoms with Gasteiger partial charge in [0, 0.05) is 6.42 Å². The molecule has 0 spiro atoms. The van der Waals surface area contributed by atoms with Gasteiger partial charge in [0.25, 0.3) is 0 Å². The summed E-state index contributed by atoms with van der Waals surface area (Å²) in [4.78, 5) is 0. The maximum atomic E-state index is 10.1. The Kier molecular flexibility index (Phi) is 2.76. The summed E-state index contributed by atoms with van der Waals surface area (Å²) >= 11 is 0. The quantitative estimate of drug-likeness (QED) is 0.685. The van der Waals surface area contributed by atoms with Crippen LogP contribution in [0.15, 0.2) is 0 Å². The fourth-order valence-electron chi connectivity index (χ4n) is 1.51. The summed E-state index contributed by atoms with van der Waals surface area (Å²) in [5, 5.41) is 10.1. The van der Waals surface area contributed by atoms with Crippen molar-refractivity contribution < 1.29 is 14.6 Å². The SMILES string of the molecule is CCCC1(O)OCCOC1(C)C. The van der Waals surface area contributed by atoms with E-state index in [0.717, 1.165) is 6.42 Å². The molecular formula is C9H18O3. The van der Waals surface area contributed by atoms with E-state index in [0.29, 0.717) is 19.6 Å². The van der Waals surface area contributed by atoms with Crippen LogP contribution in [0.4, 0.5) is 0 Å². The molecule has 0 aliphatic carbocycles. The van der Waals surface area contributed by atoms with Crippen molar-refractivity contribution in [2.24, 2.45) is 0 Å². The average Bonchev–Trinajstić information content (AvgIpc) is 1.96. The topological polar surface area (TPSA) is 38.7 Å². The Morgan fingerprint density at radius 1 is 1.25 bits per heavy atom. The Hall–Kier alpha value is -0.120. The Labute approximate surface area is 73.7 Å². The zero-order valence-corrected chi connectivity index (χ0v) is 8.09. The number of ether oxygens (including phenoxy) is 2. The zero-order valence-electron chi connectivity index (χ0n) is 8.09. The fraction of sp³-hybridized carbons (Fsp3) is 1.00. The van der Waals surface area contributed by atoms with E-state index < -0.39 is 11.4 Å². The van der Waals surface area contributed by atoms with E-state index in [4.69, 9.17) is 9.47 Å². The van der Waals surface area contributed by atoms with E-state index >= 15 is 0 Å². The Morgan fingerprint density at radius 2 is 1.83 bits per heavy atom. The lowest BCUT2D eigenvalue weighted by Gasteiger charge is -2.45. The van der Waals surface area contributed by atoms with Crippen molar-refractivity contribution in [3.8, 4) is 0 Å². The highest BCUT2D eigenvalue weighted by Crippen LogP contribution is 2.34. The van der Waals surface area contributed by atoms with Crippen LogP contribution in [0, 0.1) is 0 Å². The number of hydrogen-bond acceptors (Lipinski definition) is 3. The molecule has 1 N–H and O–H groups in total. The minimum Gasteiger partial charge on any atom is -0.368 e. The molecule has 0 amide bonds. The summed E-state index contributed by atoms with van der Waals surface area (Å²) < 4.78 is 10.8. The van der Waals surface area contributed by atoms with Gasteiger partial charge in [-0.2, -0.15) is 0 Å². The molecule has 3 heteroatoms. The highest BCUT2D eigenvalue weighted by Gasteiger charge is 2.47. The predicted molar refractivity (Wildman–Crippen MR) is 45.8 cm³/mol. The first-order valence-corrected chi connectivity index (χ1v) is 4.52. The van der Waals surface area contributed by atoms with Gasteiger partial charge in [-0.25, -0.2) is 0 Å². The van der Waals surface area contributed by atoms with Gasteiger partial charge in [0.2, 0.25) is 0 Å². The Balaban J connectivity index is 2.69. The van der Waals surface area contributed by atoms with Gasteiger partial charge in [0.1, 0.15) is 5.60 Å². The molecule has 1 saturated heterocycles. The van der Waals surface area contributed by atoms with Crippen molar-refractivity contribution in [1.29, 1.82) is 0 Å². The smallest absolute Gasteiger partial charge is 0.194 e. The highest BCUT2D eigenvalue weighted by atomic mass is 16.7. The molecule has 0 bridgehead atoms. The number of rotatable bonds is 2. The third kappa shape index (κ3) is 1.63. The lowest BCUT2D eigenvalue weighted by molar-refractivity contribution is -0.341. The molecule has 1 aliphatic rings. The second kappa shape index (κ2) is 3.32. The van der Waals surface area contributed by atoms with E-state index in [1.165, 1.54) is 0 Å². The number of aliphatic hydroxyl groups is 1. The van der Waals surface area contributed by atoms with Crippen molar-refractivity contribution in [2.45, 2.75) is 45.0 Å². The standard InChI is InChI=1S/C9H18O3/c1-4-5-9(10)8(2,3)11-6-7-12-9/h10H,4-7H2,1-3H3. The molecule has 1 rings (SSSR count). The average molecular weight is 174 g/mol. The van der Waals surface area contributed by atoms with Gasteiger partial charge in [-0.15, -0.1) is 0 Å². The van der Waals surface area contributed by atoms with Crippen molar-refractivity contribution in [2.75, 3.05) is 13.2 Å². The van der Waals surface area contributed by atoms with Crippen molar-refractivity contribution >= 4 is 0 Å². The molecule has 1 atom stereocenters. The van der Waals surface area contributed by atoms with Gasteiger partial charge in [-0.3, -0.25) is 0 Å². The molecule has 0 radical (unpaired) electrons. The normalized spacial score (nSPS) is 35.0. The molecule has 0 aromatic heterocycles. The molecule has 1 aliphatic heterocycles. The van der Waals surface area contributed by atoms with Gasteiger partial charge in [-0.05, 0) is 13.8 Å². The van der Waals surface area contributed by atoms with Crippen molar-refractivity contribution in [1.82, 2.24) is 0 Å². The van der Waals surface area contributed by atoms with E-state index in [1.54, 1.807) is 0 Å². The first kappa shape index (κ1) is 9.96. The molecule has 1 heterocycles. The van der Waals surface area contributed by atoms with Crippen LogP contribution in [0.3, 0.4) is 0 Å². The molecule has 3 nitrogen and oxygen atoms in total. The predicted octanol–water partition coefficient (Wildman–Crippen LogP) is 1.30. The maximum Gasteiger partial charge on any atom is 0.194 e. The Morgan fingerprint density at radius 3 is 2.33 bits per heavy atom. The van der Waals surface area contributed by atoms with E-state index in [2.05, 4.69) is 0 Å². The lowest BCUT2D eigenvalue weighted by atomic mass is 9.92. The van der Waals surface area contributed by atoms with Gasteiger partial charge in [0.15, 0.2) is 5.79 Å². The van der Waals surface area contributed by atoms with Crippen LogP contribution in [-0.2, 0) is 9.47 Å². The molecular weight excluding hydrogens is 156 g/mol. The summed E-state index contributed by atoms with van der Waals surface area (Å²) in [6.45, 7) is 6.80. The fourth-order valence-corrected chi connectivity index (χ4v) is 1.51. The van der Waals surface area contributed by atoms with Crippen LogP contribution in [0.25, 0.3) is 0 Å². The molecule has 72 valence electrons. The highest BCUT2D eigenvalue weighted by molar-refractivity contribution is 4.89. The van der Waals surface area contributed by atoms with Crippen LogP contribution in [0.5, 0.6) is 0 Å². The molecule has 0 saturated carbocycles. The zero-order chi connectivity index (χ0) is 9.24. The van der Waals surface area contributed by atoms with Crippen LogP contribution >= 0.6 is 0 Å². The van der Waals surface area contributed by atoms with E-state index in [9.17, 15) is 5.11 Å². The molecule has 0 aromatic rings. The first-order chi connectivity index (χ1) is 5.52. The van der Waals surface area contributed by atoms with Crippen LogP contribution in [0.1, 0.15) is 33.6 Å². The summed E-state index contributed by atoms with van der Waals surface area (Å²) in [5.74, 6) is -1.10. The molecule has 12 heavy (non-hydrogen) atoms. The van der Waals surface area contributed by atoms with Gasteiger partial charge in [-0.1, -0.05) is 13.3 Å². The van der Waals surface area contributed by atoms with Gasteiger partial charge < -0.3 is 14.6 Å². The summed E-state index contributed by atoms with van der Waals surface area (Å²) in [6.07, 6.45) is 1.52. The second-order valence-electron chi connectivity index (χ2n) is 3.74. The third-order valence-corrected chi connectivity index (χ3v) is 2.42. The second-order valence-corrected chi connectivity index (χ2v) is 3.74. The Bertz CT molecular complexity index is 152. The van der Waals surface area contributed by atoms with Crippen molar-refractivity contribution in [3.05, 3.63) is 0 Å². The van der Waals surface area contributed by atoms with E-state index in [1.807, 2.05) is 20.8 Å². The number of hydrogen-bond donors (Lipinski definition) is 1. The minimum absolute atomic E-state index is 0.486. The van der Waals surface area contributed by atoms with Crippen LogP contribution < -0.4 is 0 Å². The summed E-state index contributed by atoms with van der Waals surface area (Å²) in [7, 11) is 0. The lowest BCUT2D eigenvalue weighted by Crippen LogP contribution is -2.57.